The first-order chi connectivity index (χ1) is 7.31. The second-order valence-corrected chi connectivity index (χ2v) is 5.43. The molecule has 1 aromatic rings. The Morgan fingerprint density at radius 2 is 2.20 bits per heavy atom. The number of pyridine rings is 1. The van der Waals surface area contributed by atoms with Gasteiger partial charge in [-0.2, -0.15) is 0 Å². The van der Waals surface area contributed by atoms with Gasteiger partial charge in [0, 0.05) is 23.6 Å². The number of aryl methyl sites for hydroxylation is 1. The standard InChI is InChI=1S/C12H18N2S/c1-9-6-7-14-12(11(9)8-13)15-10-4-2-3-5-10/h6-7,10H,2-5,8,13H2,1H3. The first-order valence-corrected chi connectivity index (χ1v) is 6.50. The minimum atomic E-state index is 0.606. The molecule has 1 aliphatic carbocycles. The van der Waals surface area contributed by atoms with E-state index in [9.17, 15) is 0 Å². The Kier molecular flexibility index (Phi) is 3.65. The van der Waals surface area contributed by atoms with Gasteiger partial charge in [0.1, 0.15) is 5.03 Å². The second-order valence-electron chi connectivity index (χ2n) is 4.14. The van der Waals surface area contributed by atoms with E-state index in [1.165, 1.54) is 36.8 Å². The molecule has 0 aliphatic heterocycles. The molecule has 82 valence electrons. The molecule has 0 aromatic carbocycles. The Morgan fingerprint density at radius 1 is 1.47 bits per heavy atom. The van der Waals surface area contributed by atoms with Crippen molar-refractivity contribution in [2.24, 2.45) is 5.73 Å². The van der Waals surface area contributed by atoms with Crippen LogP contribution in [0.25, 0.3) is 0 Å². The fourth-order valence-corrected chi connectivity index (χ4v) is 3.47. The average molecular weight is 222 g/mol. The molecule has 0 atom stereocenters. The highest BCUT2D eigenvalue weighted by Gasteiger charge is 2.18. The summed E-state index contributed by atoms with van der Waals surface area (Å²) in [5, 5.41) is 1.92. The van der Waals surface area contributed by atoms with Gasteiger partial charge in [0.05, 0.1) is 0 Å². The van der Waals surface area contributed by atoms with Gasteiger partial charge in [-0.15, -0.1) is 11.8 Å². The molecular formula is C12H18N2S. The van der Waals surface area contributed by atoms with Gasteiger partial charge in [-0.3, -0.25) is 0 Å². The van der Waals surface area contributed by atoms with Crippen molar-refractivity contribution in [3.63, 3.8) is 0 Å². The van der Waals surface area contributed by atoms with Crippen LogP contribution in [-0.2, 0) is 6.54 Å². The summed E-state index contributed by atoms with van der Waals surface area (Å²) in [5.74, 6) is 0. The van der Waals surface area contributed by atoms with Crippen molar-refractivity contribution in [2.45, 2.75) is 49.4 Å². The highest BCUT2D eigenvalue weighted by molar-refractivity contribution is 7.99. The Hall–Kier alpha value is -0.540. The Labute approximate surface area is 95.7 Å². The Balaban J connectivity index is 2.15. The number of aromatic nitrogens is 1. The smallest absolute Gasteiger partial charge is 0.101 e. The summed E-state index contributed by atoms with van der Waals surface area (Å²) in [6.07, 6.45) is 7.32. The highest BCUT2D eigenvalue weighted by Crippen LogP contribution is 2.35. The molecule has 1 fully saturated rings. The monoisotopic (exact) mass is 222 g/mol. The Morgan fingerprint density at radius 3 is 2.87 bits per heavy atom. The molecule has 1 heterocycles. The Bertz CT molecular complexity index is 332. The third kappa shape index (κ3) is 2.52. The lowest BCUT2D eigenvalue weighted by Gasteiger charge is -2.12. The van der Waals surface area contributed by atoms with Gasteiger partial charge in [0.2, 0.25) is 0 Å². The number of nitrogens with zero attached hydrogens (tertiary/aromatic N) is 1. The van der Waals surface area contributed by atoms with E-state index in [-0.39, 0.29) is 0 Å². The lowest BCUT2D eigenvalue weighted by molar-refractivity contribution is 0.886. The van der Waals surface area contributed by atoms with Gasteiger partial charge in [-0.25, -0.2) is 4.98 Å². The molecule has 2 nitrogen and oxygen atoms in total. The van der Waals surface area contributed by atoms with Crippen LogP contribution in [-0.4, -0.2) is 10.2 Å². The molecule has 2 rings (SSSR count). The number of thioether (sulfide) groups is 1. The summed E-state index contributed by atoms with van der Waals surface area (Å²) in [6.45, 7) is 2.72. The largest absolute Gasteiger partial charge is 0.326 e. The first-order valence-electron chi connectivity index (χ1n) is 5.62. The number of rotatable bonds is 3. The maximum atomic E-state index is 5.77. The molecule has 0 saturated heterocycles. The molecule has 0 spiro atoms. The molecule has 1 aliphatic rings. The molecule has 2 N–H and O–H groups in total. The summed E-state index contributed by atoms with van der Waals surface area (Å²) >= 11 is 1.93. The van der Waals surface area contributed by atoms with Crippen LogP contribution in [0.3, 0.4) is 0 Å². The summed E-state index contributed by atoms with van der Waals surface area (Å²) in [7, 11) is 0. The van der Waals surface area contributed by atoms with Crippen LogP contribution < -0.4 is 5.73 Å². The van der Waals surface area contributed by atoms with E-state index >= 15 is 0 Å². The van der Waals surface area contributed by atoms with E-state index in [1.807, 2.05) is 24.0 Å². The lowest BCUT2D eigenvalue weighted by Crippen LogP contribution is -2.05. The predicted octanol–water partition coefficient (Wildman–Crippen LogP) is 2.88. The molecule has 0 unspecified atom stereocenters. The lowest BCUT2D eigenvalue weighted by atomic mass is 10.2. The first kappa shape index (κ1) is 11.0. The minimum absolute atomic E-state index is 0.606. The quantitative estimate of drug-likeness (QED) is 0.854. The molecule has 1 aromatic heterocycles. The van der Waals surface area contributed by atoms with Crippen LogP contribution in [0.5, 0.6) is 0 Å². The summed E-state index contributed by atoms with van der Waals surface area (Å²) in [4.78, 5) is 4.46. The normalized spacial score (nSPS) is 17.2. The number of hydrogen-bond donors (Lipinski definition) is 1. The third-order valence-electron chi connectivity index (χ3n) is 3.04. The van der Waals surface area contributed by atoms with Crippen molar-refractivity contribution in [3.05, 3.63) is 23.4 Å². The SMILES string of the molecule is Cc1ccnc(SC2CCCC2)c1CN. The van der Waals surface area contributed by atoms with Crippen LogP contribution in [0.1, 0.15) is 36.8 Å². The van der Waals surface area contributed by atoms with E-state index in [2.05, 4.69) is 11.9 Å². The van der Waals surface area contributed by atoms with Gasteiger partial charge >= 0.3 is 0 Å². The molecule has 1 saturated carbocycles. The van der Waals surface area contributed by atoms with Crippen LogP contribution >= 0.6 is 11.8 Å². The van der Waals surface area contributed by atoms with E-state index in [1.54, 1.807) is 0 Å². The van der Waals surface area contributed by atoms with Gasteiger partial charge in [0.15, 0.2) is 0 Å². The third-order valence-corrected chi connectivity index (χ3v) is 4.41. The van der Waals surface area contributed by atoms with E-state index < -0.39 is 0 Å². The van der Waals surface area contributed by atoms with Crippen molar-refractivity contribution in [1.29, 1.82) is 0 Å². The van der Waals surface area contributed by atoms with Crippen LogP contribution in [0.4, 0.5) is 0 Å². The van der Waals surface area contributed by atoms with Gasteiger partial charge in [0.25, 0.3) is 0 Å². The van der Waals surface area contributed by atoms with Crippen molar-refractivity contribution in [3.8, 4) is 0 Å². The van der Waals surface area contributed by atoms with Crippen molar-refractivity contribution < 1.29 is 0 Å². The highest BCUT2D eigenvalue weighted by atomic mass is 32.2. The second kappa shape index (κ2) is 4.99. The topological polar surface area (TPSA) is 38.9 Å². The molecular weight excluding hydrogens is 204 g/mol. The average Bonchev–Trinajstić information content (AvgIpc) is 2.71. The summed E-state index contributed by atoms with van der Waals surface area (Å²) in [6, 6.07) is 2.04. The van der Waals surface area contributed by atoms with Crippen LogP contribution in [0.2, 0.25) is 0 Å². The van der Waals surface area contributed by atoms with Gasteiger partial charge < -0.3 is 5.73 Å². The zero-order valence-corrected chi connectivity index (χ0v) is 10.0. The van der Waals surface area contributed by atoms with Crippen molar-refractivity contribution in [1.82, 2.24) is 4.98 Å². The zero-order valence-electron chi connectivity index (χ0n) is 9.20. The van der Waals surface area contributed by atoms with E-state index in [0.29, 0.717) is 6.54 Å². The molecule has 0 radical (unpaired) electrons. The predicted molar refractivity (Wildman–Crippen MR) is 65.0 cm³/mol. The molecule has 0 bridgehead atoms. The summed E-state index contributed by atoms with van der Waals surface area (Å²) < 4.78 is 0. The fraction of sp³-hybridized carbons (Fsp3) is 0.583. The minimum Gasteiger partial charge on any atom is -0.326 e. The molecule has 15 heavy (non-hydrogen) atoms. The van der Waals surface area contributed by atoms with Gasteiger partial charge in [-0.05, 0) is 31.4 Å². The number of nitrogens with two attached hydrogens (primary N) is 1. The van der Waals surface area contributed by atoms with Crippen LogP contribution in [0, 0.1) is 6.92 Å². The maximum absolute atomic E-state index is 5.77. The van der Waals surface area contributed by atoms with Crippen molar-refractivity contribution >= 4 is 11.8 Å². The van der Waals surface area contributed by atoms with Gasteiger partial charge in [-0.1, -0.05) is 12.8 Å². The summed E-state index contributed by atoms with van der Waals surface area (Å²) in [5.41, 5.74) is 8.27. The number of hydrogen-bond acceptors (Lipinski definition) is 3. The van der Waals surface area contributed by atoms with Crippen molar-refractivity contribution in [2.75, 3.05) is 0 Å². The van der Waals surface area contributed by atoms with E-state index in [0.717, 1.165) is 10.3 Å². The molecule has 3 heteroatoms. The van der Waals surface area contributed by atoms with E-state index in [4.69, 9.17) is 5.73 Å². The maximum Gasteiger partial charge on any atom is 0.101 e. The molecule has 0 amide bonds. The fourth-order valence-electron chi connectivity index (χ4n) is 2.08. The van der Waals surface area contributed by atoms with Crippen LogP contribution in [0.15, 0.2) is 17.3 Å². The zero-order chi connectivity index (χ0) is 10.7.